The Morgan fingerprint density at radius 3 is 1.71 bits per heavy atom. The Morgan fingerprint density at radius 1 is 0.917 bits per heavy atom. The molecule has 0 radical (unpaired) electrons. The zero-order valence-electron chi connectivity index (χ0n) is 13.1. The second kappa shape index (κ2) is 6.03. The fourth-order valence-electron chi connectivity index (χ4n) is 3.93. The molecule has 6 heteroatoms. The zero-order valence-corrected chi connectivity index (χ0v) is 13.1. The first-order chi connectivity index (χ1) is 11.5. The van der Waals surface area contributed by atoms with Crippen LogP contribution in [0.3, 0.4) is 0 Å². The Kier molecular flexibility index (Phi) is 4.05. The van der Waals surface area contributed by atoms with Crippen LogP contribution < -0.4 is 0 Å². The molecule has 0 aromatic heterocycles. The van der Waals surface area contributed by atoms with Crippen molar-refractivity contribution in [1.82, 2.24) is 0 Å². The van der Waals surface area contributed by atoms with Gasteiger partial charge in [0, 0.05) is 11.8 Å². The minimum absolute atomic E-state index is 0.0523. The maximum absolute atomic E-state index is 11.8. The van der Waals surface area contributed by atoms with Crippen molar-refractivity contribution >= 4 is 11.9 Å². The van der Waals surface area contributed by atoms with Crippen molar-refractivity contribution in [1.29, 1.82) is 0 Å². The number of benzene rings is 1. The van der Waals surface area contributed by atoms with Gasteiger partial charge < -0.3 is 19.7 Å². The van der Waals surface area contributed by atoms with Gasteiger partial charge in [-0.2, -0.15) is 0 Å². The molecule has 0 saturated heterocycles. The summed E-state index contributed by atoms with van der Waals surface area (Å²) in [6.07, 6.45) is 3.59. The van der Waals surface area contributed by atoms with Crippen LogP contribution in [0.15, 0.2) is 25.7 Å². The van der Waals surface area contributed by atoms with Crippen molar-refractivity contribution in [2.45, 2.75) is 24.7 Å². The molecule has 0 aliphatic heterocycles. The third kappa shape index (κ3) is 2.26. The smallest absolute Gasteiger partial charge is 0.336 e. The largest absolute Gasteiger partial charge is 0.501 e. The average Bonchev–Trinajstić information content (AvgIpc) is 2.83. The highest BCUT2D eigenvalue weighted by atomic mass is 16.5. The van der Waals surface area contributed by atoms with Crippen LogP contribution in [-0.4, -0.2) is 35.4 Å². The van der Waals surface area contributed by atoms with Gasteiger partial charge in [-0.15, -0.1) is 0 Å². The summed E-state index contributed by atoms with van der Waals surface area (Å²) in [6.45, 7) is 7.62. The predicted octanol–water partition coefficient (Wildman–Crippen LogP) is 2.68. The van der Waals surface area contributed by atoms with Crippen LogP contribution in [0, 0.1) is 0 Å². The normalized spacial score (nSPS) is 19.8. The van der Waals surface area contributed by atoms with E-state index in [0.717, 1.165) is 5.56 Å². The van der Waals surface area contributed by atoms with Gasteiger partial charge in [-0.25, -0.2) is 9.59 Å². The minimum atomic E-state index is -1.09. The van der Waals surface area contributed by atoms with Crippen molar-refractivity contribution in [3.63, 3.8) is 0 Å². The first-order valence-electron chi connectivity index (χ1n) is 7.64. The molecule has 2 atom stereocenters. The lowest BCUT2D eigenvalue weighted by Gasteiger charge is -2.34. The highest BCUT2D eigenvalue weighted by Crippen LogP contribution is 2.50. The molecule has 126 valence electrons. The molecule has 1 aromatic rings. The van der Waals surface area contributed by atoms with E-state index < -0.39 is 11.9 Å². The molecule has 2 unspecified atom stereocenters. The molecule has 1 aromatic carbocycles. The van der Waals surface area contributed by atoms with E-state index in [1.807, 2.05) is 0 Å². The molecule has 0 fully saturated rings. The van der Waals surface area contributed by atoms with Crippen molar-refractivity contribution in [2.24, 2.45) is 0 Å². The Morgan fingerprint density at radius 2 is 1.33 bits per heavy atom. The third-order valence-electron chi connectivity index (χ3n) is 4.77. The number of carbonyl (C=O) groups is 2. The molecule has 0 heterocycles. The first kappa shape index (κ1) is 16.1. The third-order valence-corrected chi connectivity index (χ3v) is 4.77. The van der Waals surface area contributed by atoms with Crippen LogP contribution >= 0.6 is 0 Å². The zero-order chi connectivity index (χ0) is 17.4. The Balaban J connectivity index is 2.14. The molecule has 2 aliphatic rings. The second-order valence-corrected chi connectivity index (χ2v) is 5.95. The predicted molar refractivity (Wildman–Crippen MR) is 85.5 cm³/mol. The summed E-state index contributed by atoms with van der Waals surface area (Å²) in [7, 11) is 0. The molecule has 2 aliphatic carbocycles. The summed E-state index contributed by atoms with van der Waals surface area (Å²) < 4.78 is 10.5. The highest BCUT2D eigenvalue weighted by Gasteiger charge is 2.45. The molecular formula is C18H18O6. The maximum Gasteiger partial charge on any atom is 0.336 e. The number of carboxylic acid groups (broad SMARTS) is 2. The molecule has 3 rings (SSSR count). The second-order valence-electron chi connectivity index (χ2n) is 5.95. The number of hydrogen-bond acceptors (Lipinski definition) is 4. The molecule has 24 heavy (non-hydrogen) atoms. The van der Waals surface area contributed by atoms with Crippen LogP contribution in [-0.2, 0) is 22.3 Å². The number of ether oxygens (including phenoxy) is 2. The van der Waals surface area contributed by atoms with Crippen molar-refractivity contribution in [2.75, 3.05) is 13.2 Å². The van der Waals surface area contributed by atoms with E-state index in [4.69, 9.17) is 9.47 Å². The molecular weight excluding hydrogens is 312 g/mol. The SMILES string of the molecule is C=COCC1Cc2c(C(=O)O)c1c1c(c2C(=O)O)C(COC=C)C1. The number of hydrogen-bond donors (Lipinski definition) is 2. The summed E-state index contributed by atoms with van der Waals surface area (Å²) in [4.78, 5) is 23.6. The minimum Gasteiger partial charge on any atom is -0.501 e. The number of rotatable bonds is 8. The fourth-order valence-corrected chi connectivity index (χ4v) is 3.93. The van der Waals surface area contributed by atoms with Gasteiger partial charge in [0.15, 0.2) is 0 Å². The van der Waals surface area contributed by atoms with Gasteiger partial charge in [0.2, 0.25) is 0 Å². The van der Waals surface area contributed by atoms with E-state index in [1.54, 1.807) is 0 Å². The van der Waals surface area contributed by atoms with Crippen LogP contribution in [0.1, 0.15) is 54.8 Å². The van der Waals surface area contributed by atoms with Crippen LogP contribution in [0.4, 0.5) is 0 Å². The maximum atomic E-state index is 11.8. The van der Waals surface area contributed by atoms with Crippen molar-refractivity contribution in [3.8, 4) is 0 Å². The number of fused-ring (bicyclic) bond motifs is 4. The summed E-state index contributed by atoms with van der Waals surface area (Å²) in [5.74, 6) is -2.39. The Hall–Kier alpha value is -2.76. The standard InChI is InChI=1S/C18H18O6/c1-3-23-7-9-5-11-13(9)15(17(19)20)12-6-10(8-24-4-2)14(11)16(12)18(21)22/h3-4,9-10H,1-2,5-8H2,(H,19,20)(H,21,22). The topological polar surface area (TPSA) is 93.1 Å². The van der Waals surface area contributed by atoms with Gasteiger partial charge in [0.05, 0.1) is 36.9 Å². The van der Waals surface area contributed by atoms with Gasteiger partial charge in [0.1, 0.15) is 0 Å². The Bertz CT molecular complexity index is 749. The molecule has 0 spiro atoms. The molecule has 2 N–H and O–H groups in total. The summed E-state index contributed by atoms with van der Waals surface area (Å²) in [5, 5.41) is 19.3. The van der Waals surface area contributed by atoms with Crippen LogP contribution in [0.5, 0.6) is 0 Å². The molecule has 0 saturated carbocycles. The average molecular weight is 330 g/mol. The summed E-state index contributed by atoms with van der Waals surface area (Å²) in [5.41, 5.74) is 2.89. The van der Waals surface area contributed by atoms with Gasteiger partial charge in [-0.1, -0.05) is 13.2 Å². The van der Waals surface area contributed by atoms with Crippen molar-refractivity contribution < 1.29 is 29.3 Å². The van der Waals surface area contributed by atoms with Gasteiger partial charge >= 0.3 is 11.9 Å². The lowest BCUT2D eigenvalue weighted by atomic mass is 9.71. The number of aromatic carboxylic acids is 2. The number of carboxylic acids is 2. The Labute approximate surface area is 139 Å². The van der Waals surface area contributed by atoms with Crippen LogP contribution in [0.25, 0.3) is 0 Å². The van der Waals surface area contributed by atoms with Gasteiger partial charge in [-0.05, 0) is 35.1 Å². The van der Waals surface area contributed by atoms with E-state index in [2.05, 4.69) is 13.2 Å². The van der Waals surface area contributed by atoms with E-state index in [0.29, 0.717) is 36.1 Å². The summed E-state index contributed by atoms with van der Waals surface area (Å²) >= 11 is 0. The van der Waals surface area contributed by atoms with Crippen LogP contribution in [0.2, 0.25) is 0 Å². The van der Waals surface area contributed by atoms with E-state index in [9.17, 15) is 19.8 Å². The van der Waals surface area contributed by atoms with E-state index in [1.165, 1.54) is 12.5 Å². The highest BCUT2D eigenvalue weighted by molar-refractivity contribution is 6.02. The van der Waals surface area contributed by atoms with E-state index >= 15 is 0 Å². The fraction of sp³-hybridized carbons (Fsp3) is 0.333. The van der Waals surface area contributed by atoms with E-state index in [-0.39, 0.29) is 29.6 Å². The lowest BCUT2D eigenvalue weighted by molar-refractivity contribution is 0.0692. The summed E-state index contributed by atoms with van der Waals surface area (Å²) in [6, 6.07) is 0. The van der Waals surface area contributed by atoms with Gasteiger partial charge in [-0.3, -0.25) is 0 Å². The first-order valence-corrected chi connectivity index (χ1v) is 7.64. The molecule has 2 bridgehead atoms. The monoisotopic (exact) mass is 330 g/mol. The lowest BCUT2D eigenvalue weighted by Crippen LogP contribution is -2.28. The van der Waals surface area contributed by atoms with Gasteiger partial charge in [0.25, 0.3) is 0 Å². The molecule has 6 nitrogen and oxygen atoms in total. The van der Waals surface area contributed by atoms with Crippen molar-refractivity contribution in [3.05, 3.63) is 59.1 Å². The quantitative estimate of drug-likeness (QED) is 0.712. The molecule has 0 amide bonds.